The quantitative estimate of drug-likeness (QED) is 0.812. The maximum absolute atomic E-state index is 12.4. The van der Waals surface area contributed by atoms with E-state index >= 15 is 0 Å². The summed E-state index contributed by atoms with van der Waals surface area (Å²) in [4.78, 5) is 15.2. The van der Waals surface area contributed by atoms with E-state index in [1.807, 2.05) is 6.92 Å². The Balaban J connectivity index is 0.00000289. The number of likely N-dealkylation sites (N-methyl/N-ethyl adjacent to an activating group) is 1. The molecule has 0 aromatic rings. The van der Waals surface area contributed by atoms with Gasteiger partial charge in [-0.05, 0) is 13.5 Å². The van der Waals surface area contributed by atoms with E-state index in [0.717, 1.165) is 6.42 Å². The first-order valence-electron chi connectivity index (χ1n) is 6.03. The number of rotatable bonds is 5. The van der Waals surface area contributed by atoms with Gasteiger partial charge >= 0.3 is 0 Å². The van der Waals surface area contributed by atoms with Crippen LogP contribution in [0.3, 0.4) is 0 Å². The van der Waals surface area contributed by atoms with Crippen LogP contribution in [0.15, 0.2) is 0 Å². The largest absolute Gasteiger partial charge is 0.339 e. The van der Waals surface area contributed by atoms with E-state index in [-0.39, 0.29) is 30.9 Å². The molecule has 1 atom stereocenters. The lowest BCUT2D eigenvalue weighted by atomic mass is 10.1. The maximum Gasteiger partial charge on any atom is 0.251 e. The molecule has 0 saturated carbocycles. The third-order valence-corrected chi connectivity index (χ3v) is 3.13. The van der Waals surface area contributed by atoms with E-state index < -0.39 is 6.43 Å². The average molecular weight is 286 g/mol. The van der Waals surface area contributed by atoms with Crippen molar-refractivity contribution in [2.24, 2.45) is 0 Å². The molecule has 0 aliphatic carbocycles. The fourth-order valence-corrected chi connectivity index (χ4v) is 2.19. The van der Waals surface area contributed by atoms with E-state index in [1.165, 1.54) is 0 Å². The Morgan fingerprint density at radius 3 is 2.61 bits per heavy atom. The Labute approximate surface area is 113 Å². The van der Waals surface area contributed by atoms with Gasteiger partial charge in [0.1, 0.15) is 0 Å². The highest BCUT2D eigenvalue weighted by atomic mass is 35.5. The smallest absolute Gasteiger partial charge is 0.251 e. The van der Waals surface area contributed by atoms with Crippen LogP contribution in [-0.4, -0.2) is 67.9 Å². The molecule has 1 amide bonds. The molecule has 1 heterocycles. The van der Waals surface area contributed by atoms with Crippen LogP contribution >= 0.6 is 12.4 Å². The van der Waals surface area contributed by atoms with Crippen LogP contribution in [0.25, 0.3) is 0 Å². The van der Waals surface area contributed by atoms with Crippen molar-refractivity contribution >= 4 is 18.3 Å². The minimum atomic E-state index is -2.30. The summed E-state index contributed by atoms with van der Waals surface area (Å²) in [6, 6.07) is 0.0542. The van der Waals surface area contributed by atoms with E-state index in [9.17, 15) is 13.6 Å². The van der Waals surface area contributed by atoms with Crippen LogP contribution in [0.4, 0.5) is 8.78 Å². The molecule has 0 aromatic heterocycles. The van der Waals surface area contributed by atoms with E-state index in [4.69, 9.17) is 0 Å². The molecule has 1 aliphatic heterocycles. The fraction of sp³-hybridized carbons (Fsp3) is 0.909. The summed E-state index contributed by atoms with van der Waals surface area (Å²) < 4.78 is 24.7. The SMILES string of the molecule is CCC1CN(C(=O)CNC)CCN1CC(F)F.Cl. The molecule has 1 rings (SSSR count). The number of hydrogen-bond acceptors (Lipinski definition) is 3. The number of amides is 1. The zero-order chi connectivity index (χ0) is 12.8. The van der Waals surface area contributed by atoms with Gasteiger partial charge in [0.05, 0.1) is 13.1 Å². The number of halogens is 3. The summed E-state index contributed by atoms with van der Waals surface area (Å²) in [5, 5.41) is 2.82. The summed E-state index contributed by atoms with van der Waals surface area (Å²) in [6.07, 6.45) is -1.51. The molecule has 108 valence electrons. The van der Waals surface area contributed by atoms with Crippen LogP contribution in [0.1, 0.15) is 13.3 Å². The lowest BCUT2D eigenvalue weighted by Crippen LogP contribution is -2.56. The molecule has 0 bridgehead atoms. The Hall–Kier alpha value is -0.460. The van der Waals surface area contributed by atoms with Crippen molar-refractivity contribution in [3.63, 3.8) is 0 Å². The number of carbonyl (C=O) groups excluding carboxylic acids is 1. The molecule has 0 spiro atoms. The summed E-state index contributed by atoms with van der Waals surface area (Å²) in [6.45, 7) is 3.73. The van der Waals surface area contributed by atoms with Crippen molar-refractivity contribution in [1.82, 2.24) is 15.1 Å². The molecule has 1 fully saturated rings. The second-order valence-electron chi connectivity index (χ2n) is 4.32. The van der Waals surface area contributed by atoms with Crippen LogP contribution in [-0.2, 0) is 4.79 Å². The van der Waals surface area contributed by atoms with Crippen LogP contribution in [0.5, 0.6) is 0 Å². The van der Waals surface area contributed by atoms with Gasteiger partial charge in [-0.3, -0.25) is 9.69 Å². The van der Waals surface area contributed by atoms with E-state index in [2.05, 4.69) is 5.32 Å². The van der Waals surface area contributed by atoms with Crippen molar-refractivity contribution in [3.8, 4) is 0 Å². The number of nitrogens with zero attached hydrogens (tertiary/aromatic N) is 2. The molecule has 4 nitrogen and oxygen atoms in total. The average Bonchev–Trinajstić information content (AvgIpc) is 2.29. The third-order valence-electron chi connectivity index (χ3n) is 3.13. The molecule has 1 saturated heterocycles. The van der Waals surface area contributed by atoms with Crippen molar-refractivity contribution in [2.75, 3.05) is 39.8 Å². The summed E-state index contributed by atoms with van der Waals surface area (Å²) in [7, 11) is 1.72. The predicted octanol–water partition coefficient (Wildman–Crippen LogP) is 0.815. The summed E-state index contributed by atoms with van der Waals surface area (Å²) in [5.74, 6) is 0.0441. The van der Waals surface area contributed by atoms with Crippen molar-refractivity contribution in [1.29, 1.82) is 0 Å². The van der Waals surface area contributed by atoms with Gasteiger partial charge in [0, 0.05) is 25.7 Å². The van der Waals surface area contributed by atoms with Gasteiger partial charge in [-0.2, -0.15) is 0 Å². The monoisotopic (exact) mass is 285 g/mol. The minimum Gasteiger partial charge on any atom is -0.339 e. The van der Waals surface area contributed by atoms with Crippen molar-refractivity contribution in [2.45, 2.75) is 25.8 Å². The van der Waals surface area contributed by atoms with Gasteiger partial charge in [-0.25, -0.2) is 8.78 Å². The Kier molecular flexibility index (Phi) is 8.39. The van der Waals surface area contributed by atoms with Gasteiger partial charge in [-0.15, -0.1) is 12.4 Å². The zero-order valence-electron chi connectivity index (χ0n) is 10.9. The molecule has 1 N–H and O–H groups in total. The summed E-state index contributed by atoms with van der Waals surface area (Å²) in [5.41, 5.74) is 0. The zero-order valence-corrected chi connectivity index (χ0v) is 11.7. The first kappa shape index (κ1) is 17.5. The van der Waals surface area contributed by atoms with Gasteiger partial charge in [0.15, 0.2) is 0 Å². The highest BCUT2D eigenvalue weighted by Crippen LogP contribution is 2.14. The minimum absolute atomic E-state index is 0. The summed E-state index contributed by atoms with van der Waals surface area (Å²) >= 11 is 0. The predicted molar refractivity (Wildman–Crippen MR) is 69.4 cm³/mol. The van der Waals surface area contributed by atoms with Crippen LogP contribution < -0.4 is 5.32 Å². The van der Waals surface area contributed by atoms with Crippen molar-refractivity contribution in [3.05, 3.63) is 0 Å². The Morgan fingerprint density at radius 2 is 2.11 bits per heavy atom. The number of alkyl halides is 2. The van der Waals surface area contributed by atoms with E-state index in [0.29, 0.717) is 26.2 Å². The Bertz CT molecular complexity index is 256. The van der Waals surface area contributed by atoms with Crippen molar-refractivity contribution < 1.29 is 13.6 Å². The molecule has 1 unspecified atom stereocenters. The lowest BCUT2D eigenvalue weighted by molar-refractivity contribution is -0.133. The van der Waals surface area contributed by atoms with Gasteiger partial charge in [-0.1, -0.05) is 6.92 Å². The normalized spacial score (nSPS) is 20.9. The second kappa shape index (κ2) is 8.61. The Morgan fingerprint density at radius 1 is 1.44 bits per heavy atom. The second-order valence-corrected chi connectivity index (χ2v) is 4.32. The van der Waals surface area contributed by atoms with E-state index in [1.54, 1.807) is 16.8 Å². The topological polar surface area (TPSA) is 35.6 Å². The van der Waals surface area contributed by atoms with Gasteiger partial charge in [0.2, 0.25) is 5.91 Å². The fourth-order valence-electron chi connectivity index (χ4n) is 2.19. The number of nitrogens with one attached hydrogen (secondary N) is 1. The standard InChI is InChI=1S/C11H21F2N3O.ClH/c1-3-9-7-16(11(17)6-14-2)5-4-15(9)8-10(12)13;/h9-10,14H,3-8H2,1-2H3;1H. The number of piperazine rings is 1. The van der Waals surface area contributed by atoms with Crippen LogP contribution in [0.2, 0.25) is 0 Å². The first-order valence-corrected chi connectivity index (χ1v) is 6.03. The molecule has 0 radical (unpaired) electrons. The molecule has 0 aromatic carbocycles. The molecule has 18 heavy (non-hydrogen) atoms. The molecular weight excluding hydrogens is 264 g/mol. The number of hydrogen-bond donors (Lipinski definition) is 1. The lowest BCUT2D eigenvalue weighted by Gasteiger charge is -2.41. The third kappa shape index (κ3) is 5.04. The maximum atomic E-state index is 12.4. The number of carbonyl (C=O) groups is 1. The first-order chi connectivity index (χ1) is 8.08. The van der Waals surface area contributed by atoms with Gasteiger partial charge < -0.3 is 10.2 Å². The highest BCUT2D eigenvalue weighted by Gasteiger charge is 2.29. The van der Waals surface area contributed by atoms with Crippen LogP contribution in [0, 0.1) is 0 Å². The molecule has 7 heteroatoms. The van der Waals surface area contributed by atoms with Gasteiger partial charge in [0.25, 0.3) is 6.43 Å². The molecule has 1 aliphatic rings. The highest BCUT2D eigenvalue weighted by molar-refractivity contribution is 5.85. The molecular formula is C11H22ClF2N3O.